The molecule has 8 heteroatoms. The highest BCUT2D eigenvalue weighted by Crippen LogP contribution is 2.28. The molecule has 1 amide bonds. The SMILES string of the molecule is NC(=O)c1cc(Nc2ccc(C(F)(F)F)nc2)ccc1N. The number of aromatic nitrogens is 1. The molecule has 1 aromatic heterocycles. The molecule has 5 nitrogen and oxygen atoms in total. The zero-order valence-corrected chi connectivity index (χ0v) is 10.6. The molecule has 21 heavy (non-hydrogen) atoms. The van der Waals surface area contributed by atoms with Gasteiger partial charge in [-0.2, -0.15) is 13.2 Å². The monoisotopic (exact) mass is 296 g/mol. The Morgan fingerprint density at radius 3 is 2.33 bits per heavy atom. The van der Waals surface area contributed by atoms with Crippen molar-refractivity contribution in [2.45, 2.75) is 6.18 Å². The molecular weight excluding hydrogens is 285 g/mol. The minimum atomic E-state index is -4.49. The minimum absolute atomic E-state index is 0.125. The van der Waals surface area contributed by atoms with Crippen LogP contribution in [0.1, 0.15) is 16.1 Å². The maximum absolute atomic E-state index is 12.4. The molecule has 0 aliphatic carbocycles. The fourth-order valence-corrected chi connectivity index (χ4v) is 1.65. The van der Waals surface area contributed by atoms with E-state index in [1.807, 2.05) is 0 Å². The van der Waals surface area contributed by atoms with Crippen molar-refractivity contribution in [2.24, 2.45) is 5.73 Å². The van der Waals surface area contributed by atoms with Crippen LogP contribution in [-0.2, 0) is 6.18 Å². The van der Waals surface area contributed by atoms with Crippen LogP contribution >= 0.6 is 0 Å². The first-order valence-corrected chi connectivity index (χ1v) is 5.77. The number of halogens is 3. The lowest BCUT2D eigenvalue weighted by Crippen LogP contribution is -2.13. The molecule has 110 valence electrons. The predicted octanol–water partition coefficient (Wildman–Crippen LogP) is 2.53. The third-order valence-electron chi connectivity index (χ3n) is 2.66. The first-order chi connectivity index (χ1) is 9.77. The number of nitrogens with zero attached hydrogens (tertiary/aromatic N) is 1. The lowest BCUT2D eigenvalue weighted by Gasteiger charge is -2.10. The van der Waals surface area contributed by atoms with Gasteiger partial charge in [0.15, 0.2) is 0 Å². The zero-order chi connectivity index (χ0) is 15.6. The van der Waals surface area contributed by atoms with Gasteiger partial charge in [0.25, 0.3) is 5.91 Å². The summed E-state index contributed by atoms with van der Waals surface area (Å²) in [5, 5.41) is 2.81. The first kappa shape index (κ1) is 14.6. The number of hydrogen-bond acceptors (Lipinski definition) is 4. The van der Waals surface area contributed by atoms with E-state index in [2.05, 4.69) is 10.3 Å². The number of alkyl halides is 3. The third-order valence-corrected chi connectivity index (χ3v) is 2.66. The number of nitrogens with one attached hydrogen (secondary N) is 1. The highest BCUT2D eigenvalue weighted by atomic mass is 19.4. The van der Waals surface area contributed by atoms with Crippen LogP contribution in [0.4, 0.5) is 30.2 Å². The Kier molecular flexibility index (Phi) is 3.70. The molecule has 1 heterocycles. The molecule has 0 fully saturated rings. The van der Waals surface area contributed by atoms with Crippen molar-refractivity contribution in [2.75, 3.05) is 11.1 Å². The molecule has 0 aliphatic heterocycles. The van der Waals surface area contributed by atoms with Crippen LogP contribution in [0.2, 0.25) is 0 Å². The third kappa shape index (κ3) is 3.41. The number of primary amides is 1. The number of amides is 1. The van der Waals surface area contributed by atoms with E-state index in [4.69, 9.17) is 11.5 Å². The van der Waals surface area contributed by atoms with Gasteiger partial charge in [0.2, 0.25) is 0 Å². The molecule has 2 aromatic rings. The summed E-state index contributed by atoms with van der Waals surface area (Å²) in [7, 11) is 0. The minimum Gasteiger partial charge on any atom is -0.398 e. The summed E-state index contributed by atoms with van der Waals surface area (Å²) in [4.78, 5) is 14.5. The maximum atomic E-state index is 12.4. The lowest BCUT2D eigenvalue weighted by atomic mass is 10.1. The normalized spacial score (nSPS) is 11.2. The Morgan fingerprint density at radius 2 is 1.81 bits per heavy atom. The van der Waals surface area contributed by atoms with Crippen LogP contribution < -0.4 is 16.8 Å². The van der Waals surface area contributed by atoms with E-state index >= 15 is 0 Å². The lowest BCUT2D eigenvalue weighted by molar-refractivity contribution is -0.141. The molecule has 0 bridgehead atoms. The highest BCUT2D eigenvalue weighted by molar-refractivity contribution is 5.99. The van der Waals surface area contributed by atoms with E-state index in [0.717, 1.165) is 12.3 Å². The second-order valence-electron chi connectivity index (χ2n) is 4.22. The van der Waals surface area contributed by atoms with Gasteiger partial charge in [0, 0.05) is 11.4 Å². The number of pyridine rings is 1. The fraction of sp³-hybridized carbons (Fsp3) is 0.0769. The van der Waals surface area contributed by atoms with Gasteiger partial charge in [0.1, 0.15) is 5.69 Å². The topological polar surface area (TPSA) is 94.0 Å². The van der Waals surface area contributed by atoms with Gasteiger partial charge in [0.05, 0.1) is 17.4 Å². The quantitative estimate of drug-likeness (QED) is 0.759. The van der Waals surface area contributed by atoms with Crippen LogP contribution in [0.3, 0.4) is 0 Å². The number of carbonyl (C=O) groups excluding carboxylic acids is 1. The maximum Gasteiger partial charge on any atom is 0.433 e. The molecule has 0 aliphatic rings. The smallest absolute Gasteiger partial charge is 0.398 e. The summed E-state index contributed by atoms with van der Waals surface area (Å²) >= 11 is 0. The van der Waals surface area contributed by atoms with Crippen molar-refractivity contribution >= 4 is 23.0 Å². The van der Waals surface area contributed by atoms with Crippen molar-refractivity contribution in [1.29, 1.82) is 0 Å². The molecule has 0 radical (unpaired) electrons. The Morgan fingerprint density at radius 1 is 1.14 bits per heavy atom. The van der Waals surface area contributed by atoms with Gasteiger partial charge < -0.3 is 16.8 Å². The van der Waals surface area contributed by atoms with E-state index in [1.54, 1.807) is 6.07 Å². The Hall–Kier alpha value is -2.77. The number of anilines is 3. The van der Waals surface area contributed by atoms with Gasteiger partial charge >= 0.3 is 6.18 Å². The summed E-state index contributed by atoms with van der Waals surface area (Å²) in [6.45, 7) is 0. The Bertz CT molecular complexity index is 668. The second kappa shape index (κ2) is 5.31. The number of carbonyl (C=O) groups is 1. The summed E-state index contributed by atoms with van der Waals surface area (Å²) in [6.07, 6.45) is -3.44. The average molecular weight is 296 g/mol. The summed E-state index contributed by atoms with van der Waals surface area (Å²) in [5.74, 6) is -0.693. The first-order valence-electron chi connectivity index (χ1n) is 5.77. The molecular formula is C13H11F3N4O. The molecule has 0 saturated heterocycles. The van der Waals surface area contributed by atoms with E-state index in [0.29, 0.717) is 11.4 Å². The Labute approximate surface area is 117 Å². The van der Waals surface area contributed by atoms with Crippen LogP contribution in [0.5, 0.6) is 0 Å². The summed E-state index contributed by atoms with van der Waals surface area (Å²) in [6, 6.07) is 6.54. The largest absolute Gasteiger partial charge is 0.433 e. The van der Waals surface area contributed by atoms with E-state index in [-0.39, 0.29) is 11.3 Å². The van der Waals surface area contributed by atoms with E-state index in [9.17, 15) is 18.0 Å². The van der Waals surface area contributed by atoms with Gasteiger partial charge in [-0.15, -0.1) is 0 Å². The van der Waals surface area contributed by atoms with Crippen molar-refractivity contribution in [3.05, 3.63) is 47.8 Å². The van der Waals surface area contributed by atoms with Crippen molar-refractivity contribution < 1.29 is 18.0 Å². The molecule has 2 rings (SSSR count). The average Bonchev–Trinajstić information content (AvgIpc) is 2.40. The molecule has 5 N–H and O–H groups in total. The number of nitrogens with two attached hydrogens (primary N) is 2. The zero-order valence-electron chi connectivity index (χ0n) is 10.6. The summed E-state index contributed by atoms with van der Waals surface area (Å²) < 4.78 is 37.2. The molecule has 0 saturated carbocycles. The van der Waals surface area contributed by atoms with Gasteiger partial charge in [-0.05, 0) is 30.3 Å². The van der Waals surface area contributed by atoms with Crippen LogP contribution in [0, 0.1) is 0 Å². The summed E-state index contributed by atoms with van der Waals surface area (Å²) in [5.41, 5.74) is 10.9. The number of benzene rings is 1. The number of hydrogen-bond donors (Lipinski definition) is 3. The van der Waals surface area contributed by atoms with Gasteiger partial charge in [-0.1, -0.05) is 0 Å². The molecule has 0 atom stereocenters. The number of rotatable bonds is 3. The van der Waals surface area contributed by atoms with Crippen LogP contribution in [0.15, 0.2) is 36.5 Å². The van der Waals surface area contributed by atoms with Crippen LogP contribution in [0.25, 0.3) is 0 Å². The fourth-order valence-electron chi connectivity index (χ4n) is 1.65. The van der Waals surface area contributed by atoms with E-state index in [1.165, 1.54) is 18.2 Å². The predicted molar refractivity (Wildman–Crippen MR) is 71.9 cm³/mol. The molecule has 0 spiro atoms. The Balaban J connectivity index is 2.22. The molecule has 1 aromatic carbocycles. The van der Waals surface area contributed by atoms with E-state index < -0.39 is 17.8 Å². The second-order valence-corrected chi connectivity index (χ2v) is 4.22. The van der Waals surface area contributed by atoms with Crippen LogP contribution in [-0.4, -0.2) is 10.9 Å². The standard InChI is InChI=1S/C13H11F3N4O/c14-13(15,16)11-4-2-8(6-19-11)20-7-1-3-10(17)9(5-7)12(18)21/h1-6,20H,17H2,(H2,18,21). The number of nitrogen functional groups attached to an aromatic ring is 1. The van der Waals surface area contributed by atoms with Crippen molar-refractivity contribution in [1.82, 2.24) is 4.98 Å². The molecule has 0 unspecified atom stereocenters. The highest BCUT2D eigenvalue weighted by Gasteiger charge is 2.31. The van der Waals surface area contributed by atoms with Crippen molar-refractivity contribution in [3.8, 4) is 0 Å². The van der Waals surface area contributed by atoms with Gasteiger partial charge in [-0.25, -0.2) is 4.98 Å². The van der Waals surface area contributed by atoms with Crippen molar-refractivity contribution in [3.63, 3.8) is 0 Å². The van der Waals surface area contributed by atoms with Gasteiger partial charge in [-0.3, -0.25) is 4.79 Å².